The molecule has 0 saturated carbocycles. The van der Waals surface area contributed by atoms with Crippen LogP contribution in [0.2, 0.25) is 0 Å². The number of aldehydes is 1. The Morgan fingerprint density at radius 1 is 0.852 bits per heavy atom. The van der Waals surface area contributed by atoms with Crippen LogP contribution in [0.4, 0.5) is 0 Å². The zero-order chi connectivity index (χ0) is 19.0. The summed E-state index contributed by atoms with van der Waals surface area (Å²) in [6.07, 6.45) is 4.01. The Bertz CT molecular complexity index is 486. The third-order valence-electron chi connectivity index (χ3n) is 3.93. The predicted octanol–water partition coefficient (Wildman–Crippen LogP) is 2.47. The van der Waals surface area contributed by atoms with Crippen molar-refractivity contribution in [3.05, 3.63) is 29.8 Å². The average molecular weight is 382 g/mol. The third-order valence-corrected chi connectivity index (χ3v) is 3.93. The summed E-state index contributed by atoms with van der Waals surface area (Å²) in [6, 6.07) is 6.96. The molecule has 0 amide bonds. The Balaban J connectivity index is 1.30. The van der Waals surface area contributed by atoms with E-state index < -0.39 is 0 Å². The van der Waals surface area contributed by atoms with Gasteiger partial charge < -0.3 is 28.4 Å². The summed E-state index contributed by atoms with van der Waals surface area (Å²) in [6.45, 7) is 4.92. The zero-order valence-electron chi connectivity index (χ0n) is 15.8. The quantitative estimate of drug-likeness (QED) is 0.341. The fourth-order valence-electron chi connectivity index (χ4n) is 2.48. The summed E-state index contributed by atoms with van der Waals surface area (Å²) in [5.41, 5.74) is 0.630. The highest BCUT2D eigenvalue weighted by molar-refractivity contribution is 5.74. The topological polar surface area (TPSA) is 72.5 Å². The second-order valence-electron chi connectivity index (χ2n) is 6.04. The first-order chi connectivity index (χ1) is 13.4. The van der Waals surface area contributed by atoms with Crippen molar-refractivity contribution in [2.75, 3.05) is 59.5 Å². The lowest BCUT2D eigenvalue weighted by molar-refractivity contribution is -0.169. The van der Waals surface area contributed by atoms with Gasteiger partial charge >= 0.3 is 0 Å². The van der Waals surface area contributed by atoms with E-state index in [4.69, 9.17) is 28.4 Å². The molecule has 0 N–H and O–H groups in total. The van der Waals surface area contributed by atoms with Gasteiger partial charge in [0.2, 0.25) is 0 Å². The normalized spacial score (nSPS) is 17.0. The summed E-state index contributed by atoms with van der Waals surface area (Å²) in [5.74, 6) is 0.719. The first kappa shape index (κ1) is 21.8. The number of carbonyl (C=O) groups excluding carboxylic acids is 1. The van der Waals surface area contributed by atoms with Crippen LogP contribution in [-0.4, -0.2) is 72.0 Å². The number of ether oxygens (including phenoxy) is 6. The molecular formula is C20H30O7. The number of rotatable bonds is 15. The van der Waals surface area contributed by atoms with Crippen molar-refractivity contribution in [2.45, 2.75) is 25.6 Å². The average Bonchev–Trinajstić information content (AvgIpc) is 2.72. The van der Waals surface area contributed by atoms with Gasteiger partial charge in [0.05, 0.1) is 46.2 Å². The van der Waals surface area contributed by atoms with Crippen LogP contribution in [0.1, 0.15) is 29.6 Å². The molecule has 1 fully saturated rings. The van der Waals surface area contributed by atoms with E-state index in [2.05, 4.69) is 0 Å². The highest BCUT2D eigenvalue weighted by Gasteiger charge is 2.13. The second kappa shape index (κ2) is 14.5. The van der Waals surface area contributed by atoms with E-state index in [0.29, 0.717) is 58.4 Å². The Morgan fingerprint density at radius 2 is 1.48 bits per heavy atom. The van der Waals surface area contributed by atoms with Crippen LogP contribution < -0.4 is 4.74 Å². The van der Waals surface area contributed by atoms with Gasteiger partial charge in [0.1, 0.15) is 18.6 Å². The smallest absolute Gasteiger partial charge is 0.157 e. The minimum Gasteiger partial charge on any atom is -0.491 e. The highest BCUT2D eigenvalue weighted by Crippen LogP contribution is 2.13. The van der Waals surface area contributed by atoms with E-state index in [-0.39, 0.29) is 6.29 Å². The van der Waals surface area contributed by atoms with E-state index in [1.807, 2.05) is 0 Å². The largest absolute Gasteiger partial charge is 0.491 e. The predicted molar refractivity (Wildman–Crippen MR) is 99.3 cm³/mol. The molecule has 1 heterocycles. The molecule has 2 rings (SSSR count). The Morgan fingerprint density at radius 3 is 2.07 bits per heavy atom. The first-order valence-electron chi connectivity index (χ1n) is 9.53. The van der Waals surface area contributed by atoms with Gasteiger partial charge in [0.25, 0.3) is 0 Å². The zero-order valence-corrected chi connectivity index (χ0v) is 15.8. The lowest BCUT2D eigenvalue weighted by Gasteiger charge is -2.22. The van der Waals surface area contributed by atoms with E-state index in [9.17, 15) is 4.79 Å². The molecule has 1 aliphatic heterocycles. The third kappa shape index (κ3) is 10.4. The van der Waals surface area contributed by atoms with Crippen LogP contribution in [0.15, 0.2) is 24.3 Å². The minimum absolute atomic E-state index is 0.0598. The van der Waals surface area contributed by atoms with Gasteiger partial charge in [-0.2, -0.15) is 0 Å². The molecule has 1 atom stereocenters. The van der Waals surface area contributed by atoms with E-state index >= 15 is 0 Å². The van der Waals surface area contributed by atoms with Gasteiger partial charge in [-0.15, -0.1) is 0 Å². The van der Waals surface area contributed by atoms with E-state index in [1.54, 1.807) is 24.3 Å². The molecule has 1 unspecified atom stereocenters. The Hall–Kier alpha value is -1.51. The fourth-order valence-corrected chi connectivity index (χ4v) is 2.48. The number of hydrogen-bond donors (Lipinski definition) is 0. The Labute approximate surface area is 160 Å². The van der Waals surface area contributed by atoms with Crippen molar-refractivity contribution in [1.29, 1.82) is 0 Å². The molecule has 0 radical (unpaired) electrons. The van der Waals surface area contributed by atoms with Crippen LogP contribution in [0.3, 0.4) is 0 Å². The summed E-state index contributed by atoms with van der Waals surface area (Å²) in [4.78, 5) is 10.6. The number of benzene rings is 1. The van der Waals surface area contributed by atoms with Crippen molar-refractivity contribution in [2.24, 2.45) is 0 Å². The van der Waals surface area contributed by atoms with Gasteiger partial charge in [0, 0.05) is 12.2 Å². The van der Waals surface area contributed by atoms with E-state index in [0.717, 1.165) is 31.5 Å². The van der Waals surface area contributed by atoms with Crippen LogP contribution in [0.5, 0.6) is 5.75 Å². The molecule has 7 heteroatoms. The van der Waals surface area contributed by atoms with Crippen molar-refractivity contribution >= 4 is 6.29 Å². The second-order valence-corrected chi connectivity index (χ2v) is 6.04. The molecule has 1 aromatic carbocycles. The summed E-state index contributed by atoms with van der Waals surface area (Å²) < 4.78 is 32.9. The summed E-state index contributed by atoms with van der Waals surface area (Å²) >= 11 is 0. The van der Waals surface area contributed by atoms with Gasteiger partial charge in [-0.25, -0.2) is 0 Å². The van der Waals surface area contributed by atoms with Crippen molar-refractivity contribution in [3.8, 4) is 5.75 Å². The molecule has 1 aromatic rings. The van der Waals surface area contributed by atoms with Crippen molar-refractivity contribution < 1.29 is 33.2 Å². The van der Waals surface area contributed by atoms with Gasteiger partial charge in [0.15, 0.2) is 6.29 Å². The van der Waals surface area contributed by atoms with Crippen LogP contribution in [0.25, 0.3) is 0 Å². The maximum absolute atomic E-state index is 10.6. The highest BCUT2D eigenvalue weighted by atomic mass is 16.7. The van der Waals surface area contributed by atoms with Crippen LogP contribution in [-0.2, 0) is 23.7 Å². The molecule has 152 valence electrons. The number of carbonyl (C=O) groups is 1. The lowest BCUT2D eigenvalue weighted by Crippen LogP contribution is -2.24. The molecule has 0 spiro atoms. The molecule has 27 heavy (non-hydrogen) atoms. The van der Waals surface area contributed by atoms with Crippen molar-refractivity contribution in [3.63, 3.8) is 0 Å². The summed E-state index contributed by atoms with van der Waals surface area (Å²) in [5, 5.41) is 0. The molecule has 0 aliphatic carbocycles. The molecule has 1 saturated heterocycles. The molecule has 0 bridgehead atoms. The summed E-state index contributed by atoms with van der Waals surface area (Å²) in [7, 11) is 0. The van der Waals surface area contributed by atoms with Crippen LogP contribution in [0, 0.1) is 0 Å². The SMILES string of the molecule is O=Cc1ccc(OCCOCCOCCOCCOC2CCCCO2)cc1. The van der Waals surface area contributed by atoms with Gasteiger partial charge in [-0.1, -0.05) is 0 Å². The van der Waals surface area contributed by atoms with Gasteiger partial charge in [-0.3, -0.25) is 4.79 Å². The number of hydrogen-bond acceptors (Lipinski definition) is 7. The fraction of sp³-hybridized carbons (Fsp3) is 0.650. The standard InChI is InChI=1S/C20H30O7/c21-17-18-4-6-19(7-5-18)25-15-13-23-11-9-22-10-12-24-14-16-27-20-3-1-2-8-26-20/h4-7,17,20H,1-3,8-16H2. The van der Waals surface area contributed by atoms with Crippen molar-refractivity contribution in [1.82, 2.24) is 0 Å². The van der Waals surface area contributed by atoms with E-state index in [1.165, 1.54) is 6.42 Å². The maximum atomic E-state index is 10.6. The van der Waals surface area contributed by atoms with Gasteiger partial charge in [-0.05, 0) is 43.5 Å². The monoisotopic (exact) mass is 382 g/mol. The minimum atomic E-state index is -0.0598. The molecule has 0 aromatic heterocycles. The molecule has 1 aliphatic rings. The van der Waals surface area contributed by atoms with Crippen LogP contribution >= 0.6 is 0 Å². The molecular weight excluding hydrogens is 352 g/mol. The Kier molecular flexibility index (Phi) is 11.7. The molecule has 7 nitrogen and oxygen atoms in total. The lowest BCUT2D eigenvalue weighted by atomic mass is 10.2. The maximum Gasteiger partial charge on any atom is 0.157 e. The first-order valence-corrected chi connectivity index (χ1v) is 9.53.